The SMILES string of the molecule is CCO[C@@]1(C)CCC(C(C)(C)O)=C[C@@H]2[C@@H]1CC[C@]2(C)O. The fourth-order valence-corrected chi connectivity index (χ4v) is 4.10. The third kappa shape index (κ3) is 2.81. The minimum Gasteiger partial charge on any atom is -0.390 e. The van der Waals surface area contributed by atoms with E-state index in [2.05, 4.69) is 13.0 Å². The molecule has 0 spiro atoms. The van der Waals surface area contributed by atoms with Crippen LogP contribution in [0, 0.1) is 11.8 Å². The molecular weight excluding hydrogens is 252 g/mol. The van der Waals surface area contributed by atoms with Gasteiger partial charge in [-0.15, -0.1) is 0 Å². The topological polar surface area (TPSA) is 49.7 Å². The standard InChI is InChI=1S/C17H30O3/c1-6-20-17(5)10-7-12(15(2,3)18)11-14-13(17)8-9-16(14,4)19/h11,13-14,18-19H,6-10H2,1-5H3/t13-,14+,16-,17-/m0/s1. The van der Waals surface area contributed by atoms with Gasteiger partial charge in [0, 0.05) is 12.5 Å². The van der Waals surface area contributed by atoms with Gasteiger partial charge in [-0.05, 0) is 71.8 Å². The molecule has 3 heteroatoms. The summed E-state index contributed by atoms with van der Waals surface area (Å²) >= 11 is 0. The molecule has 3 nitrogen and oxygen atoms in total. The minimum absolute atomic E-state index is 0.0722. The summed E-state index contributed by atoms with van der Waals surface area (Å²) in [5.74, 6) is 0.403. The zero-order valence-electron chi connectivity index (χ0n) is 13.6. The van der Waals surface area contributed by atoms with Gasteiger partial charge in [-0.1, -0.05) is 6.08 Å². The van der Waals surface area contributed by atoms with Gasteiger partial charge >= 0.3 is 0 Å². The highest BCUT2D eigenvalue weighted by Crippen LogP contribution is 2.52. The van der Waals surface area contributed by atoms with Crippen LogP contribution in [0.1, 0.15) is 60.3 Å². The van der Waals surface area contributed by atoms with E-state index in [1.54, 1.807) is 0 Å². The third-order valence-electron chi connectivity index (χ3n) is 5.43. The zero-order valence-corrected chi connectivity index (χ0v) is 13.6. The summed E-state index contributed by atoms with van der Waals surface area (Å²) in [6.07, 6.45) is 5.68. The Morgan fingerprint density at radius 2 is 2.00 bits per heavy atom. The molecule has 2 N–H and O–H groups in total. The maximum Gasteiger partial charge on any atom is 0.0800 e. The molecule has 0 radical (unpaired) electrons. The first-order valence-corrected chi connectivity index (χ1v) is 7.90. The van der Waals surface area contributed by atoms with E-state index in [4.69, 9.17) is 4.74 Å². The lowest BCUT2D eigenvalue weighted by atomic mass is 9.77. The summed E-state index contributed by atoms with van der Waals surface area (Å²) in [4.78, 5) is 0. The first kappa shape index (κ1) is 16.0. The Labute approximate surface area is 123 Å². The third-order valence-corrected chi connectivity index (χ3v) is 5.43. The lowest BCUT2D eigenvalue weighted by molar-refractivity contribution is -0.0907. The minimum atomic E-state index is -0.819. The second-order valence-corrected chi connectivity index (χ2v) is 7.52. The highest BCUT2D eigenvalue weighted by atomic mass is 16.5. The monoisotopic (exact) mass is 282 g/mol. The fraction of sp³-hybridized carbons (Fsp3) is 0.882. The van der Waals surface area contributed by atoms with Gasteiger partial charge in [-0.2, -0.15) is 0 Å². The van der Waals surface area contributed by atoms with E-state index in [-0.39, 0.29) is 11.5 Å². The van der Waals surface area contributed by atoms with Crippen molar-refractivity contribution in [3.63, 3.8) is 0 Å². The maximum absolute atomic E-state index is 10.7. The molecule has 0 aromatic carbocycles. The Morgan fingerprint density at radius 3 is 2.55 bits per heavy atom. The lowest BCUT2D eigenvalue weighted by Gasteiger charge is -2.38. The molecule has 1 saturated carbocycles. The molecule has 1 fully saturated rings. The van der Waals surface area contributed by atoms with Crippen LogP contribution in [-0.2, 0) is 4.74 Å². The lowest BCUT2D eigenvalue weighted by Crippen LogP contribution is -2.42. The van der Waals surface area contributed by atoms with Crippen molar-refractivity contribution in [2.75, 3.05) is 6.61 Å². The number of fused-ring (bicyclic) bond motifs is 1. The van der Waals surface area contributed by atoms with Crippen molar-refractivity contribution in [2.45, 2.75) is 77.1 Å². The van der Waals surface area contributed by atoms with E-state index in [0.29, 0.717) is 12.5 Å². The molecule has 2 aliphatic carbocycles. The number of aliphatic hydroxyl groups is 2. The predicted octanol–water partition coefficient (Wildman–Crippen LogP) is 3.05. The first-order valence-electron chi connectivity index (χ1n) is 7.90. The van der Waals surface area contributed by atoms with Gasteiger partial charge in [0.1, 0.15) is 0 Å². The molecule has 0 bridgehead atoms. The average Bonchev–Trinajstić information content (AvgIpc) is 2.50. The van der Waals surface area contributed by atoms with E-state index in [0.717, 1.165) is 31.3 Å². The zero-order chi connectivity index (χ0) is 15.2. The van der Waals surface area contributed by atoms with Crippen LogP contribution in [-0.4, -0.2) is 33.6 Å². The quantitative estimate of drug-likeness (QED) is 0.782. The number of rotatable bonds is 3. The molecule has 2 rings (SSSR count). The first-order chi connectivity index (χ1) is 9.10. The summed E-state index contributed by atoms with van der Waals surface area (Å²) in [6.45, 7) is 10.5. The van der Waals surface area contributed by atoms with Crippen LogP contribution in [0.3, 0.4) is 0 Å². The van der Waals surface area contributed by atoms with Gasteiger partial charge in [0.15, 0.2) is 0 Å². The van der Waals surface area contributed by atoms with Crippen LogP contribution >= 0.6 is 0 Å². The summed E-state index contributed by atoms with van der Waals surface area (Å²) in [6, 6.07) is 0. The van der Waals surface area contributed by atoms with Gasteiger partial charge in [-0.3, -0.25) is 0 Å². The van der Waals surface area contributed by atoms with Crippen molar-refractivity contribution in [1.29, 1.82) is 0 Å². The summed E-state index contributed by atoms with van der Waals surface area (Å²) in [5.41, 5.74) is -0.674. The molecule has 4 atom stereocenters. The van der Waals surface area contributed by atoms with Crippen LogP contribution in [0.2, 0.25) is 0 Å². The normalized spacial score (nSPS) is 42.0. The Hall–Kier alpha value is -0.380. The molecule has 0 aromatic rings. The van der Waals surface area contributed by atoms with Gasteiger partial charge < -0.3 is 14.9 Å². The smallest absolute Gasteiger partial charge is 0.0800 e. The van der Waals surface area contributed by atoms with Crippen LogP contribution in [0.5, 0.6) is 0 Å². The van der Waals surface area contributed by atoms with E-state index in [9.17, 15) is 10.2 Å². The largest absolute Gasteiger partial charge is 0.390 e. The molecule has 0 unspecified atom stereocenters. The highest BCUT2D eigenvalue weighted by molar-refractivity contribution is 5.23. The second-order valence-electron chi connectivity index (χ2n) is 7.52. The molecule has 0 amide bonds. The molecular formula is C17H30O3. The van der Waals surface area contributed by atoms with Crippen LogP contribution in [0.25, 0.3) is 0 Å². The van der Waals surface area contributed by atoms with Crippen LogP contribution in [0.15, 0.2) is 11.6 Å². The molecule has 2 aliphatic rings. The number of ether oxygens (including phenoxy) is 1. The molecule has 0 aliphatic heterocycles. The highest BCUT2D eigenvalue weighted by Gasteiger charge is 2.52. The Morgan fingerprint density at radius 1 is 1.35 bits per heavy atom. The molecule has 0 heterocycles. The van der Waals surface area contributed by atoms with Gasteiger partial charge in [0.2, 0.25) is 0 Å². The van der Waals surface area contributed by atoms with Crippen molar-refractivity contribution in [3.8, 4) is 0 Å². The van der Waals surface area contributed by atoms with E-state index in [1.165, 1.54) is 0 Å². The Balaban J connectivity index is 2.40. The Kier molecular flexibility index (Phi) is 4.09. The van der Waals surface area contributed by atoms with Crippen molar-refractivity contribution in [2.24, 2.45) is 11.8 Å². The second kappa shape index (κ2) is 5.11. The van der Waals surface area contributed by atoms with Crippen molar-refractivity contribution < 1.29 is 14.9 Å². The van der Waals surface area contributed by atoms with E-state index >= 15 is 0 Å². The summed E-state index contributed by atoms with van der Waals surface area (Å²) < 4.78 is 6.09. The summed E-state index contributed by atoms with van der Waals surface area (Å²) in [5, 5.41) is 21.1. The van der Waals surface area contributed by atoms with Gasteiger partial charge in [-0.25, -0.2) is 0 Å². The van der Waals surface area contributed by atoms with E-state index < -0.39 is 11.2 Å². The number of hydrogen-bond donors (Lipinski definition) is 2. The maximum atomic E-state index is 10.7. The van der Waals surface area contributed by atoms with Gasteiger partial charge in [0.25, 0.3) is 0 Å². The Bertz CT molecular complexity index is 392. The van der Waals surface area contributed by atoms with Crippen LogP contribution < -0.4 is 0 Å². The fourth-order valence-electron chi connectivity index (χ4n) is 4.10. The molecule has 0 aromatic heterocycles. The van der Waals surface area contributed by atoms with Crippen molar-refractivity contribution in [1.82, 2.24) is 0 Å². The average molecular weight is 282 g/mol. The van der Waals surface area contributed by atoms with Crippen molar-refractivity contribution >= 4 is 0 Å². The molecule has 116 valence electrons. The van der Waals surface area contributed by atoms with E-state index in [1.807, 2.05) is 27.7 Å². The van der Waals surface area contributed by atoms with Gasteiger partial charge in [0.05, 0.1) is 16.8 Å². The predicted molar refractivity (Wildman–Crippen MR) is 80.5 cm³/mol. The summed E-state index contributed by atoms with van der Waals surface area (Å²) in [7, 11) is 0. The molecule has 0 saturated heterocycles. The van der Waals surface area contributed by atoms with Crippen molar-refractivity contribution in [3.05, 3.63) is 11.6 Å². The molecule has 20 heavy (non-hydrogen) atoms. The number of hydrogen-bond acceptors (Lipinski definition) is 3. The van der Waals surface area contributed by atoms with Crippen LogP contribution in [0.4, 0.5) is 0 Å².